The summed E-state index contributed by atoms with van der Waals surface area (Å²) in [6.07, 6.45) is 0. The van der Waals surface area contributed by atoms with Crippen LogP contribution in [0.25, 0.3) is 11.0 Å². The molecule has 2 aromatic heterocycles. The molecule has 1 unspecified atom stereocenters. The predicted octanol–water partition coefficient (Wildman–Crippen LogP) is 5.82. The van der Waals surface area contributed by atoms with Crippen molar-refractivity contribution in [1.29, 1.82) is 0 Å². The van der Waals surface area contributed by atoms with Gasteiger partial charge in [0.05, 0.1) is 27.6 Å². The highest BCUT2D eigenvalue weighted by molar-refractivity contribution is 7.17. The van der Waals surface area contributed by atoms with Crippen molar-refractivity contribution in [3.8, 4) is 0 Å². The molecule has 0 bridgehead atoms. The van der Waals surface area contributed by atoms with Crippen molar-refractivity contribution in [1.82, 2.24) is 4.98 Å². The summed E-state index contributed by atoms with van der Waals surface area (Å²) >= 11 is 13.3. The highest BCUT2D eigenvalue weighted by Crippen LogP contribution is 2.43. The van der Waals surface area contributed by atoms with Gasteiger partial charge in [-0.1, -0.05) is 46.7 Å². The van der Waals surface area contributed by atoms with Crippen molar-refractivity contribution in [2.75, 3.05) is 4.90 Å². The van der Waals surface area contributed by atoms with Gasteiger partial charge in [0, 0.05) is 17.0 Å². The lowest BCUT2D eigenvalue weighted by Gasteiger charge is -2.22. The minimum atomic E-state index is -0.792. The van der Waals surface area contributed by atoms with Gasteiger partial charge in [-0.3, -0.25) is 19.3 Å². The van der Waals surface area contributed by atoms with Gasteiger partial charge in [0.25, 0.3) is 5.91 Å². The maximum absolute atomic E-state index is 13.5. The first-order chi connectivity index (χ1) is 15.3. The van der Waals surface area contributed by atoms with E-state index in [-0.39, 0.29) is 33.5 Å². The maximum atomic E-state index is 13.5. The highest BCUT2D eigenvalue weighted by atomic mass is 35.5. The predicted molar refractivity (Wildman–Crippen MR) is 124 cm³/mol. The Morgan fingerprint density at radius 3 is 2.44 bits per heavy atom. The quantitative estimate of drug-likeness (QED) is 0.342. The zero-order chi connectivity index (χ0) is 22.7. The number of aromatic nitrogens is 1. The van der Waals surface area contributed by atoms with Crippen LogP contribution in [0.5, 0.6) is 0 Å². The summed E-state index contributed by atoms with van der Waals surface area (Å²) in [4.78, 5) is 45.4. The fourth-order valence-corrected chi connectivity index (χ4v) is 5.20. The average Bonchev–Trinajstić information content (AvgIpc) is 3.27. The Morgan fingerprint density at radius 2 is 1.78 bits per heavy atom. The van der Waals surface area contributed by atoms with Crippen LogP contribution < -0.4 is 10.3 Å². The van der Waals surface area contributed by atoms with E-state index >= 15 is 0 Å². The second kappa shape index (κ2) is 7.55. The second-order valence-corrected chi connectivity index (χ2v) is 9.26. The molecule has 0 saturated carbocycles. The minimum Gasteiger partial charge on any atom is -0.450 e. The lowest BCUT2D eigenvalue weighted by atomic mass is 9.99. The highest BCUT2D eigenvalue weighted by Gasteiger charge is 2.45. The summed E-state index contributed by atoms with van der Waals surface area (Å²) in [5, 5.41) is 1.50. The summed E-state index contributed by atoms with van der Waals surface area (Å²) in [6, 6.07) is 10.8. The van der Waals surface area contributed by atoms with Gasteiger partial charge in [0.2, 0.25) is 5.76 Å². The van der Waals surface area contributed by atoms with Crippen LogP contribution in [0.4, 0.5) is 5.13 Å². The largest absolute Gasteiger partial charge is 0.450 e. The third kappa shape index (κ3) is 3.16. The van der Waals surface area contributed by atoms with E-state index in [9.17, 15) is 14.4 Å². The lowest BCUT2D eigenvalue weighted by Crippen LogP contribution is -2.29. The maximum Gasteiger partial charge on any atom is 0.297 e. The van der Waals surface area contributed by atoms with Crippen LogP contribution in [0.3, 0.4) is 0 Å². The molecule has 3 heterocycles. The van der Waals surface area contributed by atoms with Gasteiger partial charge in [-0.2, -0.15) is 0 Å². The number of amides is 1. The van der Waals surface area contributed by atoms with Gasteiger partial charge < -0.3 is 4.42 Å². The molecule has 4 aromatic rings. The first-order valence-electron chi connectivity index (χ1n) is 9.60. The first kappa shape index (κ1) is 20.9. The van der Waals surface area contributed by atoms with Crippen LogP contribution >= 0.6 is 34.5 Å². The molecule has 1 amide bonds. The Hall–Kier alpha value is -3.00. The molecule has 32 heavy (non-hydrogen) atoms. The van der Waals surface area contributed by atoms with E-state index in [0.29, 0.717) is 31.3 Å². The van der Waals surface area contributed by atoms with Crippen molar-refractivity contribution in [3.05, 3.63) is 90.2 Å². The number of rotatable bonds is 3. The molecule has 0 spiro atoms. The van der Waals surface area contributed by atoms with E-state index in [1.54, 1.807) is 43.3 Å². The number of ketones is 1. The third-order valence-corrected chi connectivity index (χ3v) is 7.07. The molecule has 0 radical (unpaired) electrons. The van der Waals surface area contributed by atoms with Gasteiger partial charge in [-0.05, 0) is 42.8 Å². The van der Waals surface area contributed by atoms with Gasteiger partial charge in [-0.25, -0.2) is 4.98 Å². The Labute approximate surface area is 196 Å². The van der Waals surface area contributed by atoms with Gasteiger partial charge >= 0.3 is 0 Å². The molecule has 1 aliphatic heterocycles. The van der Waals surface area contributed by atoms with Crippen molar-refractivity contribution in [2.24, 2.45) is 0 Å². The Balaban J connectivity index is 1.81. The normalized spacial score (nSPS) is 15.4. The zero-order valence-electron chi connectivity index (χ0n) is 16.8. The number of fused-ring (bicyclic) bond motifs is 2. The molecule has 5 rings (SSSR count). The first-order valence-corrected chi connectivity index (χ1v) is 11.2. The fraction of sp³-hybridized carbons (Fsp3) is 0.130. The number of carbonyl (C=O) groups is 2. The number of Topliss-reactive ketones (excluding diaryl/α,β-unsaturated/α-hetero) is 1. The number of benzene rings is 2. The lowest BCUT2D eigenvalue weighted by molar-refractivity contribution is 0.0969. The van der Waals surface area contributed by atoms with E-state index in [1.165, 1.54) is 17.9 Å². The molecule has 2 aromatic carbocycles. The Morgan fingerprint density at radius 1 is 1.09 bits per heavy atom. The molecule has 9 heteroatoms. The summed E-state index contributed by atoms with van der Waals surface area (Å²) < 4.78 is 5.90. The number of carbonyl (C=O) groups excluding carboxylic acids is 2. The van der Waals surface area contributed by atoms with Crippen LogP contribution in [0.1, 0.15) is 50.0 Å². The van der Waals surface area contributed by atoms with Crippen LogP contribution in [-0.4, -0.2) is 16.7 Å². The number of aryl methyl sites for hydroxylation is 1. The summed E-state index contributed by atoms with van der Waals surface area (Å²) in [6.45, 7) is 3.16. The zero-order valence-corrected chi connectivity index (χ0v) is 19.1. The van der Waals surface area contributed by atoms with E-state index in [4.69, 9.17) is 27.6 Å². The number of nitrogens with zero attached hydrogens (tertiary/aromatic N) is 2. The van der Waals surface area contributed by atoms with Crippen LogP contribution in [0.15, 0.2) is 51.7 Å². The molecule has 0 aliphatic carbocycles. The van der Waals surface area contributed by atoms with Crippen LogP contribution in [0.2, 0.25) is 10.0 Å². The van der Waals surface area contributed by atoms with Crippen molar-refractivity contribution >= 4 is 62.3 Å². The van der Waals surface area contributed by atoms with E-state index in [0.717, 1.165) is 11.3 Å². The average molecular weight is 485 g/mol. The molecular weight excluding hydrogens is 471 g/mol. The topological polar surface area (TPSA) is 80.5 Å². The second-order valence-electron chi connectivity index (χ2n) is 7.41. The molecule has 160 valence electrons. The molecule has 1 atom stereocenters. The molecule has 0 N–H and O–H groups in total. The van der Waals surface area contributed by atoms with Crippen molar-refractivity contribution in [2.45, 2.75) is 19.9 Å². The Kier molecular flexibility index (Phi) is 4.93. The molecular formula is C23H14Cl2N2O4S. The smallest absolute Gasteiger partial charge is 0.297 e. The SMILES string of the molecule is CC(=O)c1sc(N2C(=O)c3oc4ccc(Cl)cc4c(=O)c3C2c2ccc(Cl)cc2)nc1C. The summed E-state index contributed by atoms with van der Waals surface area (Å²) in [5.41, 5.74) is 1.30. The minimum absolute atomic E-state index is 0.0537. The monoisotopic (exact) mass is 484 g/mol. The van der Waals surface area contributed by atoms with Gasteiger partial charge in [0.1, 0.15) is 5.58 Å². The fourth-order valence-electron chi connectivity index (χ4n) is 3.91. The number of hydrogen-bond acceptors (Lipinski definition) is 6. The molecule has 6 nitrogen and oxygen atoms in total. The molecule has 0 saturated heterocycles. The number of halogens is 2. The third-order valence-electron chi connectivity index (χ3n) is 5.33. The van der Waals surface area contributed by atoms with Gasteiger partial charge in [0.15, 0.2) is 16.3 Å². The molecule has 0 fully saturated rings. The van der Waals surface area contributed by atoms with Gasteiger partial charge in [-0.15, -0.1) is 0 Å². The number of hydrogen-bond donors (Lipinski definition) is 0. The van der Waals surface area contributed by atoms with Crippen molar-refractivity contribution in [3.63, 3.8) is 0 Å². The van der Waals surface area contributed by atoms with Crippen LogP contribution in [-0.2, 0) is 0 Å². The van der Waals surface area contributed by atoms with E-state index in [2.05, 4.69) is 4.98 Å². The van der Waals surface area contributed by atoms with E-state index in [1.807, 2.05) is 0 Å². The summed E-state index contributed by atoms with van der Waals surface area (Å²) in [7, 11) is 0. The molecule has 1 aliphatic rings. The van der Waals surface area contributed by atoms with E-state index < -0.39 is 11.9 Å². The van der Waals surface area contributed by atoms with Crippen LogP contribution in [0, 0.1) is 6.92 Å². The number of thiazole rings is 1. The Bertz CT molecular complexity index is 1490. The standard InChI is InChI=1S/C23H14Cl2N2O4S/c1-10-21(11(2)28)32-23(26-10)27-18(12-3-5-13(24)6-4-12)17-19(29)15-9-14(25)7-8-16(15)31-20(17)22(27)30/h3-9,18H,1-2H3. The summed E-state index contributed by atoms with van der Waals surface area (Å²) in [5.74, 6) is -0.701. The number of anilines is 1. The van der Waals surface area contributed by atoms with Crippen molar-refractivity contribution < 1.29 is 14.0 Å².